The van der Waals surface area contributed by atoms with Crippen LogP contribution in [0.4, 0.5) is 0 Å². The minimum atomic E-state index is -1.45. The van der Waals surface area contributed by atoms with Gasteiger partial charge < -0.3 is 73.4 Å². The molecule has 1 aliphatic heterocycles. The van der Waals surface area contributed by atoms with E-state index in [4.69, 9.17) is 31.3 Å². The summed E-state index contributed by atoms with van der Waals surface area (Å²) in [6.07, 6.45) is 9.10. The Hall–Kier alpha value is -6.87. The number of aliphatic hydroxyl groups is 2. The van der Waals surface area contributed by atoms with E-state index in [1.807, 2.05) is 64.1 Å². The number of hydrogen-bond donors (Lipinski definition) is 11. The monoisotopic (exact) mass is 1280 g/mol. The van der Waals surface area contributed by atoms with E-state index in [0.717, 1.165) is 75.3 Å². The highest BCUT2D eigenvalue weighted by Gasteiger charge is 2.37. The average Bonchev–Trinajstić information content (AvgIpc) is 4.09. The number of halogens is 2. The maximum absolute atomic E-state index is 13.4. The van der Waals surface area contributed by atoms with Crippen molar-refractivity contribution in [2.45, 2.75) is 199 Å². The molecule has 3 fully saturated rings. The lowest BCUT2D eigenvalue weighted by Crippen LogP contribution is -2.58. The molecule has 2 aromatic carbocycles. The lowest BCUT2D eigenvalue weighted by Gasteiger charge is -2.29. The van der Waals surface area contributed by atoms with Crippen molar-refractivity contribution >= 4 is 97.3 Å². The second-order valence-electron chi connectivity index (χ2n) is 22.7. The Morgan fingerprint density at radius 3 is 1.23 bits per heavy atom. The molecule has 2 aromatic rings. The highest BCUT2D eigenvalue weighted by atomic mass is 35.5. The van der Waals surface area contributed by atoms with Gasteiger partial charge in [-0.05, 0) is 86.2 Å². The number of rotatable bonds is 33. The second kappa shape index (κ2) is 42.1. The van der Waals surface area contributed by atoms with Crippen LogP contribution in [0.1, 0.15) is 149 Å². The van der Waals surface area contributed by atoms with Gasteiger partial charge in [-0.3, -0.25) is 38.4 Å². The molecule has 2 aliphatic carbocycles. The van der Waals surface area contributed by atoms with E-state index in [0.29, 0.717) is 5.80 Å². The van der Waals surface area contributed by atoms with Gasteiger partial charge in [-0.1, -0.05) is 134 Å². The van der Waals surface area contributed by atoms with E-state index in [2.05, 4.69) is 36.9 Å². The zero-order valence-electron chi connectivity index (χ0n) is 50.1. The Balaban J connectivity index is 0.000000853. The fourth-order valence-electron chi connectivity index (χ4n) is 9.90. The predicted molar refractivity (Wildman–Crippen MR) is 334 cm³/mol. The molecule has 491 valence electrons. The average molecular weight is 1280 g/mol. The van der Waals surface area contributed by atoms with Crippen LogP contribution in [0.15, 0.2) is 65.7 Å². The Morgan fingerprint density at radius 1 is 0.534 bits per heavy atom. The van der Waals surface area contributed by atoms with Crippen LogP contribution in [0.2, 0.25) is 0 Å². The van der Waals surface area contributed by atoms with Crippen LogP contribution in [0, 0.1) is 23.7 Å². The maximum atomic E-state index is 13.4. The molecule has 8 amide bonds. The van der Waals surface area contributed by atoms with Gasteiger partial charge in [-0.25, -0.2) is 14.6 Å². The molecule has 0 spiro atoms. The van der Waals surface area contributed by atoms with Crippen molar-refractivity contribution < 1.29 is 72.3 Å². The van der Waals surface area contributed by atoms with Crippen molar-refractivity contribution in [1.82, 2.24) is 31.9 Å². The van der Waals surface area contributed by atoms with Crippen LogP contribution in [-0.2, 0) is 75.3 Å². The molecule has 2 saturated carbocycles. The summed E-state index contributed by atoms with van der Waals surface area (Å²) in [4.78, 5) is 132. The minimum absolute atomic E-state index is 0. The van der Waals surface area contributed by atoms with Crippen molar-refractivity contribution in [3.8, 4) is 0 Å². The Labute approximate surface area is 529 Å². The van der Waals surface area contributed by atoms with Gasteiger partial charge in [-0.2, -0.15) is 0 Å². The first kappa shape index (κ1) is 79.1. The molecule has 25 nitrogen and oxygen atoms in total. The summed E-state index contributed by atoms with van der Waals surface area (Å²) in [5.41, 5.74) is 18.3. The van der Waals surface area contributed by atoms with E-state index >= 15 is 0 Å². The largest absolute Gasteiger partial charge is 0.549 e. The summed E-state index contributed by atoms with van der Waals surface area (Å²) in [6.45, 7) is 5.98. The van der Waals surface area contributed by atoms with Gasteiger partial charge in [0.2, 0.25) is 47.3 Å². The van der Waals surface area contributed by atoms with Crippen LogP contribution in [-0.4, -0.2) is 144 Å². The van der Waals surface area contributed by atoms with Gasteiger partial charge in [0.15, 0.2) is 5.80 Å². The van der Waals surface area contributed by atoms with Gasteiger partial charge in [0.25, 0.3) is 0 Å². The van der Waals surface area contributed by atoms with Gasteiger partial charge in [0.1, 0.15) is 55.5 Å². The molecule has 28 heteroatoms. The zero-order chi connectivity index (χ0) is 62.4. The first-order valence-electron chi connectivity index (χ1n) is 29.4. The number of esters is 2. The van der Waals surface area contributed by atoms with Crippen molar-refractivity contribution in [3.05, 3.63) is 71.8 Å². The maximum Gasteiger partial charge on any atom is 0.474 e. The standard InChI is InChI=1S/C30H43BN5O8.C29H45N5O7.CH4.2ClH/c1-18(2)15-22(29(42)43-17-19-9-5-3-6-10-19)34-27(40)23(16-37)35-26(39)21(13-14-24(32)38)33-28(41)25(36-30-31-44-30)20-11-7-4-8-12-20;1-18(2)15-22(29(40)41-17-19-9-5-3-6-10-19)33-27(38)23(16-35)34-26(37)21(13-14-24(30)36)32-28(39)25(31)20-11-7-4-8-12-20;;;/h3,5-6,9-10,18,20-23,25,37H,4,7-8,11-17H2,1-2H3,(H2,32,38)(H,33,41)(H,34,40)(H,35,39);3,5-6,9-10,18,20-23,25,35H,4,7-8,11-17,31H2,1-2H3,(H2,30,36)(H,32,39)(H,33,38)(H,34,37);1H4;2*1H/t2*21-,22-,23-,25-;;;/m00.../s1. The van der Waals surface area contributed by atoms with Gasteiger partial charge >= 0.3 is 19.4 Å². The first-order valence-corrected chi connectivity index (χ1v) is 29.4. The van der Waals surface area contributed by atoms with Crippen LogP contribution < -0.4 is 49.1 Å². The molecule has 1 radical (unpaired) electrons. The fraction of sp³-hybridized carbons (Fsp3) is 0.617. The van der Waals surface area contributed by atoms with Gasteiger partial charge in [-0.15, -0.1) is 24.8 Å². The third kappa shape index (κ3) is 29.4. The normalized spacial score (nSPS) is 16.8. The van der Waals surface area contributed by atoms with E-state index in [1.165, 1.54) is 7.48 Å². The molecular weight excluding hydrogens is 1180 g/mol. The van der Waals surface area contributed by atoms with Gasteiger partial charge in [0.05, 0.1) is 19.3 Å². The summed E-state index contributed by atoms with van der Waals surface area (Å²) in [5, 5.41) is 35.1. The number of aliphatic imine (C=N–C) groups is 1. The lowest BCUT2D eigenvalue weighted by atomic mass is 9.83. The highest BCUT2D eigenvalue weighted by molar-refractivity contribution is 6.83. The number of nitrogens with two attached hydrogens (primary N) is 3. The number of carbonyl (C=O) groups is 10. The number of nitrogens with zero attached hydrogens (tertiary/aromatic N) is 1. The highest BCUT2D eigenvalue weighted by Crippen LogP contribution is 2.29. The predicted octanol–water partition coefficient (Wildman–Crippen LogP) is 2.32. The fourth-order valence-corrected chi connectivity index (χ4v) is 9.90. The summed E-state index contributed by atoms with van der Waals surface area (Å²) < 4.78 is 15.8. The molecule has 5 rings (SSSR count). The van der Waals surface area contributed by atoms with Crippen LogP contribution in [0.5, 0.6) is 0 Å². The quantitative estimate of drug-likeness (QED) is 0.0277. The smallest absolute Gasteiger partial charge is 0.474 e. The molecule has 1 heterocycles. The third-order valence-corrected chi connectivity index (χ3v) is 14.6. The van der Waals surface area contributed by atoms with Crippen molar-refractivity contribution in [3.63, 3.8) is 0 Å². The van der Waals surface area contributed by atoms with E-state index in [1.54, 1.807) is 24.3 Å². The second-order valence-corrected chi connectivity index (χ2v) is 22.7. The van der Waals surface area contributed by atoms with Crippen LogP contribution >= 0.6 is 24.8 Å². The number of benzene rings is 2. The number of ether oxygens (including phenoxy) is 2. The number of hydrogen-bond acceptors (Lipinski definition) is 17. The SMILES string of the molecule is C.CC(C)C[C@H](NC(=O)[C@H](CO)NC(=O)[C@H](CCC(N)=O)NC(=O)[C@@H](N)C1CCCCC1)C(=O)OCc1ccccc1.CC(C)C[C@H](NC(=O)[C@H](CO)NC(=O)[C@H](CCC(N)=O)NC(=O)[C@@H](N=C1[B]O1)C1CCCCC1)C(=O)OCc1ccccc1.Cl.Cl. The van der Waals surface area contributed by atoms with Crippen molar-refractivity contribution in [1.29, 1.82) is 0 Å². The third-order valence-electron chi connectivity index (χ3n) is 14.6. The number of aliphatic hydroxyl groups excluding tert-OH is 2. The number of amides is 8. The summed E-state index contributed by atoms with van der Waals surface area (Å²) in [7, 11) is 1.43. The first-order chi connectivity index (χ1) is 40.6. The molecule has 14 N–H and O–H groups in total. The molecule has 88 heavy (non-hydrogen) atoms. The van der Waals surface area contributed by atoms with E-state index < -0.39 is 121 Å². The minimum Gasteiger partial charge on any atom is -0.549 e. The molecule has 0 bridgehead atoms. The lowest BCUT2D eigenvalue weighted by molar-refractivity contribution is -0.150. The van der Waals surface area contributed by atoms with E-state index in [9.17, 15) is 58.2 Å². The number of primary amides is 2. The zero-order valence-corrected chi connectivity index (χ0v) is 51.8. The Bertz CT molecular complexity index is 2540. The summed E-state index contributed by atoms with van der Waals surface area (Å²) in [5.74, 6) is -6.58. The molecule has 8 atom stereocenters. The van der Waals surface area contributed by atoms with Crippen molar-refractivity contribution in [2.75, 3.05) is 13.2 Å². The molecule has 1 saturated heterocycles. The Kier molecular flexibility index (Phi) is 37.9. The van der Waals surface area contributed by atoms with Gasteiger partial charge in [0, 0.05) is 12.8 Å². The molecule has 0 unspecified atom stereocenters. The Morgan fingerprint density at radius 2 is 0.875 bits per heavy atom. The number of nitrogens with one attached hydrogen (secondary N) is 6. The molecule has 3 aliphatic rings. The van der Waals surface area contributed by atoms with Crippen LogP contribution in [0.3, 0.4) is 0 Å². The summed E-state index contributed by atoms with van der Waals surface area (Å²) >= 11 is 0. The van der Waals surface area contributed by atoms with Crippen LogP contribution in [0.25, 0.3) is 0 Å². The molecule has 0 aromatic heterocycles. The van der Waals surface area contributed by atoms with E-state index in [-0.39, 0.29) is 108 Å². The number of carbonyl (C=O) groups excluding carboxylic acids is 10. The summed E-state index contributed by atoms with van der Waals surface area (Å²) in [6, 6.07) is 9.15. The molecular formula is C60H94BCl2N10O15. The topological polar surface area (TPSA) is 405 Å². The van der Waals surface area contributed by atoms with Crippen molar-refractivity contribution in [2.24, 2.45) is 45.9 Å².